The Labute approximate surface area is 183 Å². The number of hydrogen-bond donors (Lipinski definition) is 0. The highest BCUT2D eigenvalue weighted by Crippen LogP contribution is 2.39. The summed E-state index contributed by atoms with van der Waals surface area (Å²) in [6, 6.07) is 18.1. The molecule has 0 unspecified atom stereocenters. The lowest BCUT2D eigenvalue weighted by atomic mass is 10.0. The number of fused-ring (bicyclic) bond motifs is 1. The lowest BCUT2D eigenvalue weighted by Crippen LogP contribution is -2.31. The summed E-state index contributed by atoms with van der Waals surface area (Å²) in [7, 11) is 1.65. The standard InChI is InChI=1S/C25H29NO5/c1-28-21-12-10-19(11-13-21)18-29-16-6-5-9-25(27)30-23-14-15-26-22(23)17-24(31-26)20-7-3-2-4-8-20/h2-5,7-13,22-24H,6,14-18H2,1H3/b9-5+/t22-,23+,24-/m1/s1. The fourth-order valence-electron chi connectivity index (χ4n) is 4.06. The van der Waals surface area contributed by atoms with Gasteiger partial charge in [-0.3, -0.25) is 4.84 Å². The molecule has 0 bridgehead atoms. The number of hydroxylamine groups is 2. The van der Waals surface area contributed by atoms with Crippen molar-refractivity contribution in [3.8, 4) is 5.75 Å². The van der Waals surface area contributed by atoms with Crippen LogP contribution in [-0.2, 0) is 25.7 Å². The number of methoxy groups -OCH3 is 1. The van der Waals surface area contributed by atoms with Gasteiger partial charge in [0.05, 0.1) is 26.4 Å². The van der Waals surface area contributed by atoms with E-state index in [9.17, 15) is 4.79 Å². The van der Waals surface area contributed by atoms with Gasteiger partial charge in [-0.25, -0.2) is 4.79 Å². The molecule has 0 saturated carbocycles. The Morgan fingerprint density at radius 2 is 1.97 bits per heavy atom. The maximum Gasteiger partial charge on any atom is 0.330 e. The van der Waals surface area contributed by atoms with Gasteiger partial charge in [-0.1, -0.05) is 48.5 Å². The fraction of sp³-hybridized carbons (Fsp3) is 0.400. The average molecular weight is 424 g/mol. The van der Waals surface area contributed by atoms with Crippen LogP contribution in [0.5, 0.6) is 5.75 Å². The molecular weight excluding hydrogens is 394 g/mol. The number of carbonyl (C=O) groups excluding carboxylic acids is 1. The summed E-state index contributed by atoms with van der Waals surface area (Å²) in [5.41, 5.74) is 2.25. The minimum atomic E-state index is -0.301. The Morgan fingerprint density at radius 3 is 2.74 bits per heavy atom. The molecule has 2 aromatic carbocycles. The third kappa shape index (κ3) is 5.73. The minimum Gasteiger partial charge on any atom is -0.497 e. The molecule has 2 heterocycles. The predicted molar refractivity (Wildman–Crippen MR) is 116 cm³/mol. The van der Waals surface area contributed by atoms with E-state index >= 15 is 0 Å². The molecular formula is C25H29NO5. The van der Waals surface area contributed by atoms with Gasteiger partial charge in [-0.05, 0) is 29.7 Å². The van der Waals surface area contributed by atoms with Crippen LogP contribution in [0.4, 0.5) is 0 Å². The molecule has 2 aromatic rings. The number of hydrogen-bond acceptors (Lipinski definition) is 6. The van der Waals surface area contributed by atoms with Crippen LogP contribution in [-0.4, -0.2) is 43.4 Å². The highest BCUT2D eigenvalue weighted by atomic mass is 16.7. The van der Waals surface area contributed by atoms with Crippen LogP contribution in [0.1, 0.15) is 36.5 Å². The zero-order valence-electron chi connectivity index (χ0n) is 17.8. The number of carbonyl (C=O) groups is 1. The molecule has 3 atom stereocenters. The van der Waals surface area contributed by atoms with E-state index in [0.717, 1.165) is 36.3 Å². The number of benzene rings is 2. The smallest absolute Gasteiger partial charge is 0.330 e. The quantitative estimate of drug-likeness (QED) is 0.342. The zero-order chi connectivity index (χ0) is 21.5. The van der Waals surface area contributed by atoms with Crippen molar-refractivity contribution in [1.29, 1.82) is 0 Å². The summed E-state index contributed by atoms with van der Waals surface area (Å²) in [6.07, 6.45) is 5.51. The van der Waals surface area contributed by atoms with Crippen LogP contribution >= 0.6 is 0 Å². The van der Waals surface area contributed by atoms with E-state index in [0.29, 0.717) is 19.6 Å². The lowest BCUT2D eigenvalue weighted by molar-refractivity contribution is -0.159. The first-order valence-corrected chi connectivity index (χ1v) is 10.8. The van der Waals surface area contributed by atoms with Crippen molar-refractivity contribution < 1.29 is 23.8 Å². The normalized spacial score (nSPS) is 23.2. The molecule has 2 fully saturated rings. The molecule has 0 spiro atoms. The molecule has 2 saturated heterocycles. The van der Waals surface area contributed by atoms with Gasteiger partial charge < -0.3 is 14.2 Å². The van der Waals surface area contributed by atoms with E-state index in [1.807, 2.05) is 47.5 Å². The predicted octanol–water partition coefficient (Wildman–Crippen LogP) is 4.22. The van der Waals surface area contributed by atoms with E-state index < -0.39 is 0 Å². The first-order chi connectivity index (χ1) is 15.2. The topological polar surface area (TPSA) is 57.2 Å². The number of esters is 1. The van der Waals surface area contributed by atoms with Gasteiger partial charge >= 0.3 is 5.97 Å². The van der Waals surface area contributed by atoms with Crippen molar-refractivity contribution in [2.75, 3.05) is 20.3 Å². The van der Waals surface area contributed by atoms with Crippen LogP contribution in [0.25, 0.3) is 0 Å². The molecule has 0 N–H and O–H groups in total. The molecule has 2 aliphatic rings. The van der Waals surface area contributed by atoms with Crippen LogP contribution in [0.3, 0.4) is 0 Å². The molecule has 0 amide bonds. The van der Waals surface area contributed by atoms with E-state index in [1.165, 1.54) is 6.08 Å². The van der Waals surface area contributed by atoms with Crippen molar-refractivity contribution in [2.45, 2.75) is 44.1 Å². The molecule has 0 aromatic heterocycles. The maximum atomic E-state index is 12.2. The highest BCUT2D eigenvalue weighted by Gasteiger charge is 2.45. The van der Waals surface area contributed by atoms with Gasteiger partial charge in [0, 0.05) is 25.5 Å². The Balaban J connectivity index is 1.15. The summed E-state index contributed by atoms with van der Waals surface area (Å²) in [5, 5.41) is 1.98. The van der Waals surface area contributed by atoms with E-state index in [1.54, 1.807) is 13.2 Å². The Morgan fingerprint density at radius 1 is 1.16 bits per heavy atom. The molecule has 0 aliphatic carbocycles. The van der Waals surface area contributed by atoms with Crippen molar-refractivity contribution in [3.63, 3.8) is 0 Å². The highest BCUT2D eigenvalue weighted by molar-refractivity contribution is 5.82. The van der Waals surface area contributed by atoms with Gasteiger partial charge in [0.25, 0.3) is 0 Å². The third-order valence-electron chi connectivity index (χ3n) is 5.70. The Hall–Kier alpha value is -2.67. The molecule has 31 heavy (non-hydrogen) atoms. The second-order valence-electron chi connectivity index (χ2n) is 7.80. The van der Waals surface area contributed by atoms with Gasteiger partial charge in [-0.15, -0.1) is 0 Å². The van der Waals surface area contributed by atoms with Crippen molar-refractivity contribution in [2.24, 2.45) is 0 Å². The van der Waals surface area contributed by atoms with E-state index in [2.05, 4.69) is 12.1 Å². The summed E-state index contributed by atoms with van der Waals surface area (Å²) in [4.78, 5) is 18.3. The Bertz CT molecular complexity index is 867. The molecule has 164 valence electrons. The summed E-state index contributed by atoms with van der Waals surface area (Å²) in [6.45, 7) is 1.86. The largest absolute Gasteiger partial charge is 0.497 e. The van der Waals surface area contributed by atoms with Crippen LogP contribution in [0, 0.1) is 0 Å². The first-order valence-electron chi connectivity index (χ1n) is 10.8. The Kier molecular flexibility index (Phi) is 7.35. The summed E-state index contributed by atoms with van der Waals surface area (Å²) >= 11 is 0. The lowest BCUT2D eigenvalue weighted by Gasteiger charge is -2.17. The monoisotopic (exact) mass is 423 g/mol. The van der Waals surface area contributed by atoms with E-state index in [-0.39, 0.29) is 24.2 Å². The molecule has 0 radical (unpaired) electrons. The third-order valence-corrected chi connectivity index (χ3v) is 5.70. The average Bonchev–Trinajstić information content (AvgIpc) is 3.39. The first kappa shape index (κ1) is 21.6. The van der Waals surface area contributed by atoms with Crippen LogP contribution in [0.2, 0.25) is 0 Å². The molecule has 4 rings (SSSR count). The molecule has 6 nitrogen and oxygen atoms in total. The summed E-state index contributed by atoms with van der Waals surface area (Å²) in [5.74, 6) is 0.528. The second-order valence-corrected chi connectivity index (χ2v) is 7.80. The van der Waals surface area contributed by atoms with Gasteiger partial charge in [0.15, 0.2) is 0 Å². The summed E-state index contributed by atoms with van der Waals surface area (Å²) < 4.78 is 16.5. The maximum absolute atomic E-state index is 12.2. The second kappa shape index (κ2) is 10.6. The zero-order valence-corrected chi connectivity index (χ0v) is 17.8. The van der Waals surface area contributed by atoms with Crippen LogP contribution in [0.15, 0.2) is 66.7 Å². The number of ether oxygens (including phenoxy) is 3. The SMILES string of the molecule is COc1ccc(COCC/C=C/C(=O)O[C@H]2CCN3O[C@@H](c4ccccc4)C[C@H]23)cc1. The van der Waals surface area contributed by atoms with Crippen molar-refractivity contribution in [1.82, 2.24) is 5.06 Å². The number of rotatable bonds is 9. The van der Waals surface area contributed by atoms with Crippen molar-refractivity contribution in [3.05, 3.63) is 77.9 Å². The van der Waals surface area contributed by atoms with Gasteiger partial charge in [0.1, 0.15) is 18.0 Å². The minimum absolute atomic E-state index is 0.0334. The number of nitrogens with zero attached hydrogens (tertiary/aromatic N) is 1. The fourth-order valence-corrected chi connectivity index (χ4v) is 4.06. The molecule has 2 aliphatic heterocycles. The van der Waals surface area contributed by atoms with Crippen LogP contribution < -0.4 is 4.74 Å². The van der Waals surface area contributed by atoms with Gasteiger partial charge in [-0.2, -0.15) is 5.06 Å². The van der Waals surface area contributed by atoms with E-state index in [4.69, 9.17) is 19.0 Å². The van der Waals surface area contributed by atoms with Gasteiger partial charge in [0.2, 0.25) is 0 Å². The van der Waals surface area contributed by atoms with Crippen molar-refractivity contribution >= 4 is 5.97 Å². The molecule has 6 heteroatoms.